The van der Waals surface area contributed by atoms with Crippen LogP contribution in [-0.4, -0.2) is 84.1 Å². The normalized spacial score (nSPS) is 25.2. The second-order valence-electron chi connectivity index (χ2n) is 13.6. The third-order valence-electron chi connectivity index (χ3n) is 10.2. The molecule has 4 aliphatic heterocycles. The number of nitrogens with one attached hydrogen (secondary N) is 1. The smallest absolute Gasteiger partial charge is 0.366 e. The number of aromatic nitrogens is 1. The number of anilines is 1. The van der Waals surface area contributed by atoms with E-state index in [1.165, 1.54) is 0 Å². The highest BCUT2D eigenvalue weighted by molar-refractivity contribution is 7.89. The molecule has 1 aromatic heterocycles. The Morgan fingerprint density at radius 3 is 2.30 bits per heavy atom. The van der Waals surface area contributed by atoms with Gasteiger partial charge in [-0.3, -0.25) is 9.59 Å². The van der Waals surface area contributed by atoms with Gasteiger partial charge in [0.15, 0.2) is 0 Å². The molecule has 2 unspecified atom stereocenters. The van der Waals surface area contributed by atoms with Crippen LogP contribution in [0, 0.1) is 19.8 Å². The molecule has 0 saturated carbocycles. The molecular formula is C33H41ClF3N5O4S. The number of rotatable bonds is 9. The van der Waals surface area contributed by atoms with E-state index in [0.717, 1.165) is 17.0 Å². The molecule has 47 heavy (non-hydrogen) atoms. The maximum atomic E-state index is 14.2. The number of carbonyl (C=O) groups is 2. The molecule has 3 fully saturated rings. The lowest BCUT2D eigenvalue weighted by molar-refractivity contribution is -0.136. The summed E-state index contributed by atoms with van der Waals surface area (Å²) in [5.41, 5.74) is 9.98. The largest absolute Gasteiger partial charge is 0.389 e. The van der Waals surface area contributed by atoms with E-state index < -0.39 is 28.5 Å². The van der Waals surface area contributed by atoms with E-state index in [1.807, 2.05) is 24.8 Å². The monoisotopic (exact) mass is 695 g/mol. The summed E-state index contributed by atoms with van der Waals surface area (Å²) in [6, 6.07) is 4.41. The molecule has 5 heterocycles. The average molecular weight is 696 g/mol. The number of aryl methyl sites for hydroxylation is 2. The molecule has 1 aromatic carbocycles. The van der Waals surface area contributed by atoms with Gasteiger partial charge in [0.05, 0.1) is 27.6 Å². The van der Waals surface area contributed by atoms with E-state index in [4.69, 9.17) is 17.3 Å². The minimum atomic E-state index is -4.16. The number of benzene rings is 1. The maximum Gasteiger partial charge on any atom is 0.389 e. The Bertz CT molecular complexity index is 1690. The lowest BCUT2D eigenvalue weighted by Crippen LogP contribution is -2.54. The van der Waals surface area contributed by atoms with Gasteiger partial charge >= 0.3 is 6.18 Å². The molecule has 4 aliphatic rings. The molecule has 9 nitrogen and oxygen atoms in total. The molecule has 2 bridgehead atoms. The van der Waals surface area contributed by atoms with Crippen LogP contribution < -0.4 is 10.6 Å². The summed E-state index contributed by atoms with van der Waals surface area (Å²) in [7, 11) is -3.59. The molecule has 2 amide bonds. The van der Waals surface area contributed by atoms with Gasteiger partial charge in [-0.15, -0.1) is 0 Å². The van der Waals surface area contributed by atoms with Crippen molar-refractivity contribution in [2.45, 2.75) is 89.5 Å². The quantitative estimate of drug-likeness (QED) is 0.329. The first-order valence-corrected chi connectivity index (χ1v) is 18.3. The fraction of sp³-hybridized carbons (Fsp3) is 0.576. The Morgan fingerprint density at radius 1 is 1.06 bits per heavy atom. The molecule has 3 N–H and O–H groups in total. The molecule has 0 aliphatic carbocycles. The van der Waals surface area contributed by atoms with Gasteiger partial charge in [0.2, 0.25) is 15.9 Å². The summed E-state index contributed by atoms with van der Waals surface area (Å²) in [5.74, 6) is -0.942. The molecule has 6 rings (SSSR count). The van der Waals surface area contributed by atoms with Crippen molar-refractivity contribution in [2.24, 2.45) is 11.7 Å². The van der Waals surface area contributed by atoms with Crippen LogP contribution in [0.4, 0.5) is 18.9 Å². The maximum absolute atomic E-state index is 14.2. The van der Waals surface area contributed by atoms with Gasteiger partial charge in [0.1, 0.15) is 0 Å². The van der Waals surface area contributed by atoms with E-state index in [0.29, 0.717) is 75.0 Å². The molecule has 0 spiro atoms. The highest BCUT2D eigenvalue weighted by Gasteiger charge is 2.51. The van der Waals surface area contributed by atoms with Crippen molar-refractivity contribution in [1.29, 1.82) is 0 Å². The summed E-state index contributed by atoms with van der Waals surface area (Å²) in [5, 5.41) is 0.150. The number of sulfonamides is 1. The van der Waals surface area contributed by atoms with Gasteiger partial charge in [-0.2, -0.15) is 17.5 Å². The Hall–Kier alpha value is -2.87. The van der Waals surface area contributed by atoms with Crippen LogP contribution in [0.25, 0.3) is 11.6 Å². The highest BCUT2D eigenvalue weighted by Crippen LogP contribution is 2.47. The summed E-state index contributed by atoms with van der Waals surface area (Å²) >= 11 is 6.49. The lowest BCUT2D eigenvalue weighted by atomic mass is 9.97. The number of hydrogen-bond acceptors (Lipinski definition) is 5. The number of nitrogens with zero attached hydrogens (tertiary/aromatic N) is 3. The van der Waals surface area contributed by atoms with Crippen LogP contribution in [0.2, 0.25) is 5.02 Å². The third-order valence-corrected chi connectivity index (χ3v) is 12.7. The number of primary amides is 1. The zero-order chi connectivity index (χ0) is 33.8. The summed E-state index contributed by atoms with van der Waals surface area (Å²) in [4.78, 5) is 33.4. The van der Waals surface area contributed by atoms with E-state index >= 15 is 0 Å². The van der Waals surface area contributed by atoms with Crippen LogP contribution in [0.15, 0.2) is 18.2 Å². The van der Waals surface area contributed by atoms with Crippen molar-refractivity contribution < 1.29 is 31.2 Å². The number of H-pyrrole nitrogens is 1. The van der Waals surface area contributed by atoms with Crippen LogP contribution in [0.5, 0.6) is 0 Å². The van der Waals surface area contributed by atoms with Gasteiger partial charge < -0.3 is 20.5 Å². The van der Waals surface area contributed by atoms with E-state index in [2.05, 4.69) is 4.98 Å². The van der Waals surface area contributed by atoms with Gasteiger partial charge in [-0.05, 0) is 114 Å². The topological polar surface area (TPSA) is 120 Å². The third kappa shape index (κ3) is 7.00. The van der Waals surface area contributed by atoms with Crippen molar-refractivity contribution in [1.82, 2.24) is 14.2 Å². The molecule has 0 radical (unpaired) electrons. The SMILES string of the molecule is Cc1cc(C)c(/C=C2\C(=O)N(C3CC4CCC(C3)N4S(=O)(=O)CC3CCN(CCCC(F)(F)F)CC3)c3cc(Cl)c(C(N)=O)cc32)[nH]1. The average Bonchev–Trinajstić information content (AvgIpc) is 3.55. The number of piperidine rings is 2. The first-order valence-electron chi connectivity index (χ1n) is 16.3. The van der Waals surface area contributed by atoms with Crippen molar-refractivity contribution in [3.05, 3.63) is 51.3 Å². The number of carbonyl (C=O) groups excluding carboxylic acids is 2. The number of alkyl halides is 3. The van der Waals surface area contributed by atoms with Gasteiger partial charge in [0, 0.05) is 41.5 Å². The molecule has 14 heteroatoms. The molecule has 2 aromatic rings. The number of nitrogens with two attached hydrogens (primary N) is 1. The van der Waals surface area contributed by atoms with Crippen molar-refractivity contribution >= 4 is 50.8 Å². The first-order chi connectivity index (χ1) is 22.1. The molecular weight excluding hydrogens is 655 g/mol. The number of halogens is 4. The summed E-state index contributed by atoms with van der Waals surface area (Å²) < 4.78 is 67.0. The van der Waals surface area contributed by atoms with E-state index in [1.54, 1.807) is 27.4 Å². The van der Waals surface area contributed by atoms with E-state index in [-0.39, 0.29) is 52.7 Å². The molecule has 3 saturated heterocycles. The number of hydrogen-bond donors (Lipinski definition) is 2. The number of amides is 2. The van der Waals surface area contributed by atoms with Crippen molar-refractivity contribution in [2.75, 3.05) is 30.3 Å². The highest BCUT2D eigenvalue weighted by atomic mass is 35.5. The van der Waals surface area contributed by atoms with Crippen LogP contribution in [0.1, 0.15) is 84.2 Å². The second-order valence-corrected chi connectivity index (χ2v) is 15.9. The number of likely N-dealkylation sites (tertiary alicyclic amines) is 1. The summed E-state index contributed by atoms with van der Waals surface area (Å²) in [6.45, 7) is 5.44. The van der Waals surface area contributed by atoms with Gasteiger partial charge in [-0.25, -0.2) is 8.42 Å². The Labute approximate surface area is 278 Å². The fourth-order valence-electron chi connectivity index (χ4n) is 8.10. The zero-order valence-electron chi connectivity index (χ0n) is 26.6. The minimum absolute atomic E-state index is 0.0276. The van der Waals surface area contributed by atoms with Crippen LogP contribution >= 0.6 is 11.6 Å². The van der Waals surface area contributed by atoms with Gasteiger partial charge in [0.25, 0.3) is 5.91 Å². The number of aromatic amines is 1. The molecule has 2 atom stereocenters. The van der Waals surface area contributed by atoms with Gasteiger partial charge in [-0.1, -0.05) is 11.6 Å². The summed E-state index contributed by atoms with van der Waals surface area (Å²) in [6.07, 6.45) is 0.511. The van der Waals surface area contributed by atoms with Crippen LogP contribution in [-0.2, 0) is 14.8 Å². The van der Waals surface area contributed by atoms with E-state index in [9.17, 15) is 31.2 Å². The molecule has 256 valence electrons. The minimum Gasteiger partial charge on any atom is -0.366 e. The van der Waals surface area contributed by atoms with Crippen molar-refractivity contribution in [3.8, 4) is 0 Å². The Kier molecular flexibility index (Phi) is 9.31. The number of fused-ring (bicyclic) bond motifs is 3. The fourth-order valence-corrected chi connectivity index (χ4v) is 10.7. The Balaban J connectivity index is 1.18. The second kappa shape index (κ2) is 12.9. The predicted octanol–water partition coefficient (Wildman–Crippen LogP) is 5.65. The first kappa shape index (κ1) is 34.0. The zero-order valence-corrected chi connectivity index (χ0v) is 28.1. The Morgan fingerprint density at radius 2 is 1.72 bits per heavy atom. The van der Waals surface area contributed by atoms with Crippen molar-refractivity contribution in [3.63, 3.8) is 0 Å². The standard InChI is InChI=1S/C33H41ClF3N5O4S/c1-19-12-20(2)39-29(19)16-26-25-15-27(31(38)43)28(34)17-30(25)41(32(26)44)24-13-22-4-5-23(14-24)42(22)47(45,46)18-21-6-10-40(11-7-21)9-3-8-33(35,36)37/h12,15-17,21-24,39H,3-11,13-14,18H2,1-2H3,(H2,38,43)/b26-16-. The lowest BCUT2D eigenvalue weighted by Gasteiger charge is -2.42. The van der Waals surface area contributed by atoms with Crippen LogP contribution in [0.3, 0.4) is 0 Å². The predicted molar refractivity (Wildman–Crippen MR) is 176 cm³/mol.